The van der Waals surface area contributed by atoms with Crippen LogP contribution in [0.1, 0.15) is 28.0 Å². The highest BCUT2D eigenvalue weighted by Gasteiger charge is 2.38. The van der Waals surface area contributed by atoms with Gasteiger partial charge in [0.25, 0.3) is 11.5 Å². The number of carboxylic acid groups (broad SMARTS) is 1. The van der Waals surface area contributed by atoms with Crippen LogP contribution >= 0.6 is 23.2 Å². The van der Waals surface area contributed by atoms with Crippen LogP contribution in [0.5, 0.6) is 0 Å². The molecule has 36 heavy (non-hydrogen) atoms. The summed E-state index contributed by atoms with van der Waals surface area (Å²) < 4.78 is 47.7. The maximum atomic E-state index is 14.4. The first-order valence-electron chi connectivity index (χ1n) is 10.6. The molecule has 194 valence electrons. The summed E-state index contributed by atoms with van der Waals surface area (Å²) in [6.45, 7) is 2.66. The molecule has 1 amide bonds. The number of carbonyl (C=O) groups is 2. The van der Waals surface area contributed by atoms with Crippen molar-refractivity contribution in [3.63, 3.8) is 0 Å². The highest BCUT2D eigenvalue weighted by atomic mass is 35.5. The van der Waals surface area contributed by atoms with Gasteiger partial charge in [0.05, 0.1) is 10.6 Å². The topological polar surface area (TPSA) is 107 Å². The Morgan fingerprint density at radius 1 is 1.11 bits per heavy atom. The minimum atomic E-state index is -5.08. The lowest BCUT2D eigenvalue weighted by molar-refractivity contribution is -0.192. The largest absolute Gasteiger partial charge is 0.490 e. The van der Waals surface area contributed by atoms with Crippen LogP contribution in [0.25, 0.3) is 5.52 Å². The van der Waals surface area contributed by atoms with Crippen LogP contribution < -0.4 is 10.9 Å². The van der Waals surface area contributed by atoms with Gasteiger partial charge in [0.2, 0.25) is 0 Å². The van der Waals surface area contributed by atoms with Gasteiger partial charge in [0, 0.05) is 37.9 Å². The van der Waals surface area contributed by atoms with E-state index in [2.05, 4.69) is 10.3 Å². The molecule has 0 atom stereocenters. The molecule has 8 nitrogen and oxygen atoms in total. The monoisotopic (exact) mass is 550 g/mol. The summed E-state index contributed by atoms with van der Waals surface area (Å²) in [4.78, 5) is 38.2. The maximum absolute atomic E-state index is 14.4. The summed E-state index contributed by atoms with van der Waals surface area (Å²) in [5.41, 5.74) is 1.33. The number of carboxylic acids is 1. The third-order valence-corrected chi connectivity index (χ3v) is 5.86. The van der Waals surface area contributed by atoms with Gasteiger partial charge < -0.3 is 20.3 Å². The van der Waals surface area contributed by atoms with Gasteiger partial charge in [0.1, 0.15) is 16.5 Å². The fourth-order valence-electron chi connectivity index (χ4n) is 3.63. The second-order valence-corrected chi connectivity index (χ2v) is 8.59. The van der Waals surface area contributed by atoms with Crippen molar-refractivity contribution < 1.29 is 32.3 Å². The molecule has 0 spiro atoms. The standard InChI is InChI=1S/C20H19Cl2FN4O2.C2HF3O2/c21-15-10-17(22)27-13(11-25-19(28)18(15)27)8-12-2-3-16(23)14(9-12)20(29)26-6-1-4-24-5-7-26;3-2(4,5)1(6)7/h2-3,9-11,24H,1,4-8H2,(H,25,28);(H,6,7). The van der Waals surface area contributed by atoms with Gasteiger partial charge in [-0.05, 0) is 36.7 Å². The molecule has 1 aliphatic heterocycles. The van der Waals surface area contributed by atoms with E-state index < -0.39 is 18.0 Å². The Balaban J connectivity index is 0.000000454. The third kappa shape index (κ3) is 6.37. The van der Waals surface area contributed by atoms with Crippen molar-refractivity contribution >= 4 is 40.6 Å². The van der Waals surface area contributed by atoms with Crippen molar-refractivity contribution in [2.24, 2.45) is 0 Å². The number of rotatable bonds is 3. The molecule has 1 aromatic carbocycles. The molecular formula is C22H20Cl2F4N4O4. The molecule has 0 aliphatic carbocycles. The minimum absolute atomic E-state index is 0.0432. The fraction of sp³-hybridized carbons (Fsp3) is 0.318. The first-order chi connectivity index (χ1) is 16.9. The van der Waals surface area contributed by atoms with E-state index in [0.29, 0.717) is 36.9 Å². The van der Waals surface area contributed by atoms with Gasteiger partial charge in [-0.2, -0.15) is 13.2 Å². The molecule has 0 bridgehead atoms. The van der Waals surface area contributed by atoms with E-state index in [1.54, 1.807) is 27.6 Å². The number of H-pyrrole nitrogens is 1. The van der Waals surface area contributed by atoms with Crippen LogP contribution in [0, 0.1) is 5.82 Å². The summed E-state index contributed by atoms with van der Waals surface area (Å²) in [6, 6.07) is 5.98. The van der Waals surface area contributed by atoms with Crippen molar-refractivity contribution in [2.45, 2.75) is 19.0 Å². The molecule has 4 rings (SSSR count). The zero-order valence-electron chi connectivity index (χ0n) is 18.5. The molecule has 3 N–H and O–H groups in total. The van der Waals surface area contributed by atoms with Crippen molar-refractivity contribution in [2.75, 3.05) is 26.2 Å². The molecule has 14 heteroatoms. The summed E-state index contributed by atoms with van der Waals surface area (Å²) in [5.74, 6) is -3.63. The number of alkyl halides is 3. The van der Waals surface area contributed by atoms with E-state index in [1.165, 1.54) is 12.1 Å². The molecule has 0 unspecified atom stereocenters. The summed E-state index contributed by atoms with van der Waals surface area (Å²) in [6.07, 6.45) is -2.38. The van der Waals surface area contributed by atoms with Crippen LogP contribution in [0.2, 0.25) is 10.2 Å². The first-order valence-corrected chi connectivity index (χ1v) is 11.3. The number of carbonyl (C=O) groups excluding carboxylic acids is 1. The quantitative estimate of drug-likeness (QED) is 0.431. The van der Waals surface area contributed by atoms with E-state index >= 15 is 0 Å². The molecule has 3 aromatic rings. The smallest absolute Gasteiger partial charge is 0.475 e. The minimum Gasteiger partial charge on any atom is -0.475 e. The van der Waals surface area contributed by atoms with Crippen molar-refractivity contribution in [3.05, 3.63) is 73.6 Å². The second kappa shape index (κ2) is 11.3. The average molecular weight is 551 g/mol. The second-order valence-electron chi connectivity index (χ2n) is 7.80. The fourth-order valence-corrected chi connectivity index (χ4v) is 4.26. The number of amides is 1. The number of aromatic amines is 1. The number of hydrogen-bond acceptors (Lipinski definition) is 4. The lowest BCUT2D eigenvalue weighted by Gasteiger charge is -2.20. The highest BCUT2D eigenvalue weighted by molar-refractivity contribution is 6.37. The van der Waals surface area contributed by atoms with Gasteiger partial charge in [-0.15, -0.1) is 0 Å². The Morgan fingerprint density at radius 2 is 1.81 bits per heavy atom. The maximum Gasteiger partial charge on any atom is 0.490 e. The van der Waals surface area contributed by atoms with Crippen molar-refractivity contribution in [3.8, 4) is 0 Å². The molecule has 3 heterocycles. The molecule has 0 saturated carbocycles. The number of nitrogens with one attached hydrogen (secondary N) is 2. The van der Waals surface area contributed by atoms with Crippen molar-refractivity contribution in [1.29, 1.82) is 0 Å². The van der Waals surface area contributed by atoms with Crippen LogP contribution in [-0.4, -0.2) is 63.6 Å². The highest BCUT2D eigenvalue weighted by Crippen LogP contribution is 2.25. The van der Waals surface area contributed by atoms with E-state index in [1.807, 2.05) is 0 Å². The Hall–Kier alpha value is -3.09. The van der Waals surface area contributed by atoms with Crippen LogP contribution in [0.4, 0.5) is 17.6 Å². The number of aliphatic carboxylic acids is 1. The number of halogens is 6. The Kier molecular flexibility index (Phi) is 8.64. The summed E-state index contributed by atoms with van der Waals surface area (Å²) >= 11 is 12.4. The van der Waals surface area contributed by atoms with Gasteiger partial charge in [-0.1, -0.05) is 29.3 Å². The predicted octanol–water partition coefficient (Wildman–Crippen LogP) is 3.73. The molecule has 1 fully saturated rings. The number of aromatic nitrogens is 2. The Labute approximate surface area is 211 Å². The van der Waals surface area contributed by atoms with Gasteiger partial charge >= 0.3 is 12.1 Å². The third-order valence-electron chi connectivity index (χ3n) is 5.30. The number of nitrogens with zero attached hydrogens (tertiary/aromatic N) is 2. The molecule has 2 aromatic heterocycles. The first kappa shape index (κ1) is 27.5. The van der Waals surface area contributed by atoms with E-state index in [4.69, 9.17) is 33.1 Å². The van der Waals surface area contributed by atoms with E-state index in [9.17, 15) is 27.2 Å². The number of benzene rings is 1. The Morgan fingerprint density at radius 3 is 2.47 bits per heavy atom. The zero-order chi connectivity index (χ0) is 26.6. The van der Waals surface area contributed by atoms with Crippen LogP contribution in [-0.2, 0) is 11.2 Å². The van der Waals surface area contributed by atoms with Crippen molar-refractivity contribution in [1.82, 2.24) is 19.6 Å². The zero-order valence-corrected chi connectivity index (χ0v) is 20.0. The van der Waals surface area contributed by atoms with Gasteiger partial charge in [-0.25, -0.2) is 9.18 Å². The van der Waals surface area contributed by atoms with E-state index in [0.717, 1.165) is 18.5 Å². The predicted molar refractivity (Wildman–Crippen MR) is 124 cm³/mol. The molecule has 1 saturated heterocycles. The van der Waals surface area contributed by atoms with Gasteiger partial charge in [0.15, 0.2) is 0 Å². The lowest BCUT2D eigenvalue weighted by Crippen LogP contribution is -2.34. The summed E-state index contributed by atoms with van der Waals surface area (Å²) in [5, 5.41) is 10.9. The van der Waals surface area contributed by atoms with Gasteiger partial charge in [-0.3, -0.25) is 14.0 Å². The van der Waals surface area contributed by atoms with E-state index in [-0.39, 0.29) is 27.6 Å². The van der Waals surface area contributed by atoms with Crippen LogP contribution in [0.3, 0.4) is 0 Å². The Bertz CT molecular complexity index is 1330. The molecule has 0 radical (unpaired) electrons. The van der Waals surface area contributed by atoms with Crippen LogP contribution in [0.15, 0.2) is 35.3 Å². The number of hydrogen-bond donors (Lipinski definition) is 3. The average Bonchev–Trinajstić information content (AvgIpc) is 2.97. The lowest BCUT2D eigenvalue weighted by atomic mass is 10.0. The summed E-state index contributed by atoms with van der Waals surface area (Å²) in [7, 11) is 0. The molecular weight excluding hydrogens is 531 g/mol. The SMILES string of the molecule is O=C(O)C(F)(F)F.O=C(c1cc(Cc2c[nH]c(=O)c3c(Cl)cc(Cl)n23)ccc1F)N1CCCNCC1. The molecule has 1 aliphatic rings. The normalized spacial score (nSPS) is 14.2. The number of fused-ring (bicyclic) bond motifs is 1.